The van der Waals surface area contributed by atoms with E-state index in [1.165, 1.54) is 6.07 Å². The summed E-state index contributed by atoms with van der Waals surface area (Å²) >= 11 is 0. The summed E-state index contributed by atoms with van der Waals surface area (Å²) in [6.07, 6.45) is 2.04. The number of unbranched alkanes of at least 4 members (excludes halogenated alkanes) is 1. The van der Waals surface area contributed by atoms with E-state index in [0.717, 1.165) is 25.5 Å². The zero-order chi connectivity index (χ0) is 12.1. The first-order valence-corrected chi connectivity index (χ1v) is 5.23. The first-order chi connectivity index (χ1) is 7.54. The largest absolute Gasteiger partial charge is 0.478 e. The van der Waals surface area contributed by atoms with Crippen LogP contribution in [0.4, 0.5) is 5.82 Å². The minimum Gasteiger partial charge on any atom is -0.478 e. The molecule has 5 heteroatoms. The van der Waals surface area contributed by atoms with Crippen LogP contribution in [0.2, 0.25) is 0 Å². The van der Waals surface area contributed by atoms with Gasteiger partial charge in [-0.1, -0.05) is 13.3 Å². The summed E-state index contributed by atoms with van der Waals surface area (Å²) in [5.41, 5.74) is -0.375. The van der Waals surface area contributed by atoms with Gasteiger partial charge in [-0.05, 0) is 12.5 Å². The van der Waals surface area contributed by atoms with Crippen molar-refractivity contribution in [2.75, 3.05) is 18.5 Å². The Bertz CT molecular complexity index is 425. The van der Waals surface area contributed by atoms with Crippen LogP contribution < -0.4 is 10.5 Å². The Hall–Kier alpha value is -1.78. The molecule has 0 saturated heterocycles. The number of rotatable bonds is 5. The smallest absolute Gasteiger partial charge is 0.336 e. The van der Waals surface area contributed by atoms with Crippen LogP contribution in [0.5, 0.6) is 0 Å². The van der Waals surface area contributed by atoms with E-state index in [2.05, 4.69) is 11.9 Å². The van der Waals surface area contributed by atoms with E-state index in [-0.39, 0.29) is 5.56 Å². The highest BCUT2D eigenvalue weighted by atomic mass is 16.4. The third-order valence-corrected chi connectivity index (χ3v) is 2.34. The van der Waals surface area contributed by atoms with Crippen LogP contribution >= 0.6 is 0 Å². The molecule has 0 saturated carbocycles. The Balaban J connectivity index is 2.95. The van der Waals surface area contributed by atoms with Crippen LogP contribution in [0.1, 0.15) is 30.1 Å². The van der Waals surface area contributed by atoms with Crippen LogP contribution in [-0.4, -0.2) is 29.7 Å². The number of nitrogens with zero attached hydrogens (tertiary/aromatic N) is 1. The first-order valence-electron chi connectivity index (χ1n) is 5.23. The van der Waals surface area contributed by atoms with Crippen molar-refractivity contribution in [3.05, 3.63) is 28.0 Å². The van der Waals surface area contributed by atoms with Gasteiger partial charge in [0.15, 0.2) is 0 Å². The Morgan fingerprint density at radius 1 is 1.50 bits per heavy atom. The van der Waals surface area contributed by atoms with Crippen molar-refractivity contribution in [1.82, 2.24) is 4.98 Å². The number of anilines is 1. The maximum absolute atomic E-state index is 11.2. The van der Waals surface area contributed by atoms with Crippen LogP contribution in [0.15, 0.2) is 16.9 Å². The number of nitrogens with one attached hydrogen (secondary N) is 1. The number of pyridine rings is 1. The van der Waals surface area contributed by atoms with E-state index >= 15 is 0 Å². The van der Waals surface area contributed by atoms with Crippen molar-refractivity contribution >= 4 is 11.8 Å². The molecule has 1 rings (SSSR count). The Kier molecular flexibility index (Phi) is 4.10. The third kappa shape index (κ3) is 3.12. The molecule has 0 aliphatic rings. The maximum Gasteiger partial charge on any atom is 0.336 e. The Morgan fingerprint density at radius 2 is 2.19 bits per heavy atom. The number of carbonyl (C=O) groups is 1. The van der Waals surface area contributed by atoms with Gasteiger partial charge in [-0.25, -0.2) is 4.79 Å². The Labute approximate surface area is 93.7 Å². The number of aromatic carboxylic acids is 1. The summed E-state index contributed by atoms with van der Waals surface area (Å²) in [5, 5.41) is 8.82. The summed E-state index contributed by atoms with van der Waals surface area (Å²) in [5.74, 6) is -0.547. The predicted octanol–water partition coefficient (Wildman–Crippen LogP) is 1.31. The zero-order valence-electron chi connectivity index (χ0n) is 9.49. The molecule has 0 spiro atoms. The number of aromatic nitrogens is 1. The molecule has 1 aromatic rings. The molecule has 16 heavy (non-hydrogen) atoms. The predicted molar refractivity (Wildman–Crippen MR) is 62.2 cm³/mol. The first kappa shape index (κ1) is 12.3. The molecule has 0 radical (unpaired) electrons. The van der Waals surface area contributed by atoms with E-state index in [4.69, 9.17) is 5.11 Å². The number of H-pyrrole nitrogens is 1. The molecular formula is C11H16N2O3. The van der Waals surface area contributed by atoms with E-state index in [1.807, 2.05) is 11.9 Å². The van der Waals surface area contributed by atoms with Crippen LogP contribution in [-0.2, 0) is 0 Å². The van der Waals surface area contributed by atoms with Crippen molar-refractivity contribution in [1.29, 1.82) is 0 Å². The fraction of sp³-hybridized carbons (Fsp3) is 0.455. The maximum atomic E-state index is 11.2. The zero-order valence-corrected chi connectivity index (χ0v) is 9.49. The van der Waals surface area contributed by atoms with Crippen molar-refractivity contribution in [2.24, 2.45) is 0 Å². The van der Waals surface area contributed by atoms with Crippen LogP contribution in [0.3, 0.4) is 0 Å². The van der Waals surface area contributed by atoms with Crippen LogP contribution in [0.25, 0.3) is 0 Å². The van der Waals surface area contributed by atoms with Crippen molar-refractivity contribution < 1.29 is 9.90 Å². The second-order valence-electron chi connectivity index (χ2n) is 3.70. The lowest BCUT2D eigenvalue weighted by Gasteiger charge is -2.18. The number of carboxylic acid groups (broad SMARTS) is 1. The molecule has 0 bridgehead atoms. The van der Waals surface area contributed by atoms with Crippen molar-refractivity contribution in [2.45, 2.75) is 19.8 Å². The highest BCUT2D eigenvalue weighted by molar-refractivity contribution is 5.88. The number of carboxylic acids is 1. The minimum atomic E-state index is -1.09. The second kappa shape index (κ2) is 5.34. The summed E-state index contributed by atoms with van der Waals surface area (Å²) in [6.45, 7) is 2.86. The van der Waals surface area contributed by atoms with Gasteiger partial charge in [-0.2, -0.15) is 0 Å². The lowest BCUT2D eigenvalue weighted by molar-refractivity contribution is 0.0696. The van der Waals surface area contributed by atoms with E-state index in [0.29, 0.717) is 5.82 Å². The standard InChI is InChI=1S/C11H16N2O3/c1-3-4-5-13(2)9-6-8(11(15)16)7-10(14)12-9/h6-7H,3-5H2,1-2H3,(H,12,14)(H,15,16). The molecule has 1 aromatic heterocycles. The van der Waals surface area contributed by atoms with Gasteiger partial charge in [-0.3, -0.25) is 4.79 Å². The lowest BCUT2D eigenvalue weighted by Crippen LogP contribution is -2.23. The number of aromatic amines is 1. The van der Waals surface area contributed by atoms with Gasteiger partial charge < -0.3 is 15.0 Å². The summed E-state index contributed by atoms with van der Waals surface area (Å²) < 4.78 is 0. The van der Waals surface area contributed by atoms with Gasteiger partial charge in [0, 0.05) is 19.7 Å². The molecule has 0 aromatic carbocycles. The molecule has 0 aliphatic carbocycles. The SMILES string of the molecule is CCCCN(C)c1cc(C(=O)O)cc(=O)[nH]1. The molecule has 0 atom stereocenters. The van der Waals surface area contributed by atoms with E-state index < -0.39 is 11.5 Å². The van der Waals surface area contributed by atoms with Gasteiger partial charge in [0.25, 0.3) is 0 Å². The fourth-order valence-corrected chi connectivity index (χ4v) is 1.37. The average molecular weight is 224 g/mol. The van der Waals surface area contributed by atoms with Gasteiger partial charge in [-0.15, -0.1) is 0 Å². The van der Waals surface area contributed by atoms with Crippen molar-refractivity contribution in [3.8, 4) is 0 Å². The number of hydrogen-bond acceptors (Lipinski definition) is 3. The van der Waals surface area contributed by atoms with Crippen LogP contribution in [0, 0.1) is 0 Å². The van der Waals surface area contributed by atoms with Gasteiger partial charge in [0.2, 0.25) is 5.56 Å². The monoisotopic (exact) mass is 224 g/mol. The minimum absolute atomic E-state index is 0.0158. The van der Waals surface area contributed by atoms with E-state index in [1.54, 1.807) is 0 Å². The van der Waals surface area contributed by atoms with Gasteiger partial charge in [0.1, 0.15) is 5.82 Å². The lowest BCUT2D eigenvalue weighted by atomic mass is 10.2. The quantitative estimate of drug-likeness (QED) is 0.790. The fourth-order valence-electron chi connectivity index (χ4n) is 1.37. The normalized spacial score (nSPS) is 10.1. The summed E-state index contributed by atoms with van der Waals surface area (Å²) in [7, 11) is 1.83. The van der Waals surface area contributed by atoms with Crippen molar-refractivity contribution in [3.63, 3.8) is 0 Å². The summed E-state index contributed by atoms with van der Waals surface area (Å²) in [6, 6.07) is 2.55. The Morgan fingerprint density at radius 3 is 2.75 bits per heavy atom. The molecule has 2 N–H and O–H groups in total. The van der Waals surface area contributed by atoms with Gasteiger partial charge in [0.05, 0.1) is 5.56 Å². The third-order valence-electron chi connectivity index (χ3n) is 2.34. The molecule has 5 nitrogen and oxygen atoms in total. The molecule has 0 unspecified atom stereocenters. The highest BCUT2D eigenvalue weighted by Crippen LogP contribution is 2.09. The molecular weight excluding hydrogens is 208 g/mol. The summed E-state index contributed by atoms with van der Waals surface area (Å²) in [4.78, 5) is 26.5. The molecule has 0 aliphatic heterocycles. The topological polar surface area (TPSA) is 73.4 Å². The molecule has 1 heterocycles. The van der Waals surface area contributed by atoms with Gasteiger partial charge >= 0.3 is 5.97 Å². The molecule has 0 fully saturated rings. The average Bonchev–Trinajstić information content (AvgIpc) is 2.24. The number of hydrogen-bond donors (Lipinski definition) is 2. The molecule has 88 valence electrons. The van der Waals surface area contributed by atoms with E-state index in [9.17, 15) is 9.59 Å². The second-order valence-corrected chi connectivity index (χ2v) is 3.70. The highest BCUT2D eigenvalue weighted by Gasteiger charge is 2.08. The molecule has 0 amide bonds.